The van der Waals surface area contributed by atoms with Crippen LogP contribution in [0, 0.1) is 12.3 Å². The van der Waals surface area contributed by atoms with Crippen molar-refractivity contribution in [3.8, 4) is 0 Å². The third-order valence-electron chi connectivity index (χ3n) is 8.54. The molecule has 4 aromatic rings. The van der Waals surface area contributed by atoms with Gasteiger partial charge in [-0.05, 0) is 49.6 Å². The Morgan fingerprint density at radius 2 is 1.26 bits per heavy atom. The molecule has 0 spiro atoms. The molecular formula is C39H44O7S. The number of aryl methyl sites for hydroxylation is 1. The molecule has 0 aromatic heterocycles. The van der Waals surface area contributed by atoms with Crippen LogP contribution >= 0.6 is 11.8 Å². The largest absolute Gasteiger partial charge is 0.468 e. The summed E-state index contributed by atoms with van der Waals surface area (Å²) in [5, 5.41) is 12.0. The van der Waals surface area contributed by atoms with Gasteiger partial charge in [0.2, 0.25) is 0 Å². The van der Waals surface area contributed by atoms with Crippen LogP contribution in [0.4, 0.5) is 0 Å². The highest BCUT2D eigenvalue weighted by Crippen LogP contribution is 2.50. The number of hydrogen-bond donors (Lipinski definition) is 1. The lowest BCUT2D eigenvalue weighted by molar-refractivity contribution is -0.347. The number of esters is 1. The summed E-state index contributed by atoms with van der Waals surface area (Å²) < 4.78 is 31.6. The molecule has 0 aliphatic carbocycles. The van der Waals surface area contributed by atoms with Crippen LogP contribution in [0.2, 0.25) is 0 Å². The average Bonchev–Trinajstić information content (AvgIpc) is 3.10. The lowest BCUT2D eigenvalue weighted by Gasteiger charge is -2.54. The van der Waals surface area contributed by atoms with Crippen molar-refractivity contribution in [3.63, 3.8) is 0 Å². The van der Waals surface area contributed by atoms with Gasteiger partial charge < -0.3 is 28.8 Å². The molecule has 0 amide bonds. The third kappa shape index (κ3) is 8.51. The summed E-state index contributed by atoms with van der Waals surface area (Å²) in [5.74, 6) is -2.66. The summed E-state index contributed by atoms with van der Waals surface area (Å²) in [6.45, 7) is 6.27. The molecule has 1 aliphatic heterocycles. The van der Waals surface area contributed by atoms with Crippen LogP contribution in [0.25, 0.3) is 0 Å². The molecular weight excluding hydrogens is 612 g/mol. The van der Waals surface area contributed by atoms with Crippen molar-refractivity contribution in [1.29, 1.82) is 0 Å². The van der Waals surface area contributed by atoms with Crippen LogP contribution in [0.15, 0.2) is 120 Å². The number of hydrogen-bond acceptors (Lipinski definition) is 8. The molecule has 0 bridgehead atoms. The minimum atomic E-state index is -2.05. The van der Waals surface area contributed by atoms with Gasteiger partial charge in [-0.15, -0.1) is 11.8 Å². The maximum atomic E-state index is 13.4. The molecule has 8 heteroatoms. The smallest absolute Gasteiger partial charge is 0.316 e. The first-order chi connectivity index (χ1) is 22.7. The van der Waals surface area contributed by atoms with Crippen molar-refractivity contribution < 1.29 is 33.6 Å². The molecule has 4 aromatic carbocycles. The summed E-state index contributed by atoms with van der Waals surface area (Å²) in [4.78, 5) is 14.3. The Hall–Kier alpha value is -3.50. The van der Waals surface area contributed by atoms with Crippen LogP contribution in [0.5, 0.6) is 0 Å². The fourth-order valence-electron chi connectivity index (χ4n) is 5.70. The van der Waals surface area contributed by atoms with Gasteiger partial charge in [-0.3, -0.25) is 4.79 Å². The SMILES string of the molecule is COC(=O)C(C)(C)[C@@]1(O)O[C@H](COCc2ccccc2)[C@@H](OCc2ccccc2)[C@H](OCc2ccccc2)[C@H]1Sc1ccc(C)cc1. The second-order valence-electron chi connectivity index (χ2n) is 12.3. The second-order valence-corrected chi connectivity index (χ2v) is 13.6. The lowest BCUT2D eigenvalue weighted by Crippen LogP contribution is -2.71. The zero-order chi connectivity index (χ0) is 33.3. The number of benzene rings is 4. The molecule has 1 N–H and O–H groups in total. The first-order valence-corrected chi connectivity index (χ1v) is 16.7. The molecule has 1 fully saturated rings. The van der Waals surface area contributed by atoms with Gasteiger partial charge in [-0.25, -0.2) is 0 Å². The van der Waals surface area contributed by atoms with Gasteiger partial charge in [-0.1, -0.05) is 109 Å². The summed E-state index contributed by atoms with van der Waals surface area (Å²) in [5.41, 5.74) is 2.56. The molecule has 7 nitrogen and oxygen atoms in total. The molecule has 1 saturated heterocycles. The van der Waals surface area contributed by atoms with Crippen molar-refractivity contribution >= 4 is 17.7 Å². The predicted molar refractivity (Wildman–Crippen MR) is 183 cm³/mol. The van der Waals surface area contributed by atoms with Crippen molar-refractivity contribution in [1.82, 2.24) is 0 Å². The number of ether oxygens (including phenoxy) is 5. The molecule has 0 saturated carbocycles. The molecule has 5 atom stereocenters. The third-order valence-corrected chi connectivity index (χ3v) is 9.93. The van der Waals surface area contributed by atoms with E-state index in [2.05, 4.69) is 0 Å². The summed E-state index contributed by atoms with van der Waals surface area (Å²) in [6, 6.07) is 37.6. The fourth-order valence-corrected chi connectivity index (χ4v) is 7.16. The molecule has 5 rings (SSSR count). The maximum absolute atomic E-state index is 13.4. The van der Waals surface area contributed by atoms with E-state index in [1.54, 1.807) is 13.8 Å². The highest BCUT2D eigenvalue weighted by molar-refractivity contribution is 8.00. The number of carbonyl (C=O) groups excluding carboxylic acids is 1. The van der Waals surface area contributed by atoms with E-state index in [1.807, 2.05) is 122 Å². The highest BCUT2D eigenvalue weighted by atomic mass is 32.2. The summed E-state index contributed by atoms with van der Waals surface area (Å²) in [6.07, 6.45) is -2.21. The molecule has 0 radical (unpaired) electrons. The molecule has 47 heavy (non-hydrogen) atoms. The van der Waals surface area contributed by atoms with E-state index in [1.165, 1.54) is 18.9 Å². The Bertz CT molecular complexity index is 1530. The summed E-state index contributed by atoms with van der Waals surface area (Å²) in [7, 11) is 1.31. The van der Waals surface area contributed by atoms with Crippen molar-refractivity contribution in [3.05, 3.63) is 138 Å². The molecule has 0 unspecified atom stereocenters. The maximum Gasteiger partial charge on any atom is 0.316 e. The van der Waals surface area contributed by atoms with Gasteiger partial charge >= 0.3 is 5.97 Å². The lowest BCUT2D eigenvalue weighted by atomic mass is 9.76. The van der Waals surface area contributed by atoms with Crippen molar-refractivity contribution in [2.24, 2.45) is 5.41 Å². The Kier molecular flexibility index (Phi) is 11.9. The van der Waals surface area contributed by atoms with Gasteiger partial charge in [0.05, 0.1) is 38.8 Å². The van der Waals surface area contributed by atoms with Gasteiger partial charge in [0.25, 0.3) is 0 Å². The van der Waals surface area contributed by atoms with Crippen molar-refractivity contribution in [2.45, 2.75) is 74.8 Å². The standard InChI is InChI=1S/C39H44O7S/c1-28-20-22-32(23-21-28)47-36-35(45-26-31-18-12-7-13-19-31)34(44-25-30-16-10-6-11-17-30)33(27-43-24-29-14-8-5-9-15-29)46-39(36,41)38(2,3)37(40)42-4/h5-23,33-36,41H,24-27H2,1-4H3/t33-,34-,35+,36-,39+/m1/s1. The minimum absolute atomic E-state index is 0.0844. The van der Waals surface area contributed by atoms with E-state index in [4.69, 9.17) is 23.7 Å². The monoisotopic (exact) mass is 656 g/mol. The zero-order valence-corrected chi connectivity index (χ0v) is 28.2. The highest BCUT2D eigenvalue weighted by Gasteiger charge is 2.64. The van der Waals surface area contributed by atoms with E-state index in [0.29, 0.717) is 6.61 Å². The topological polar surface area (TPSA) is 83.5 Å². The van der Waals surface area contributed by atoms with E-state index in [9.17, 15) is 9.90 Å². The van der Waals surface area contributed by atoms with Gasteiger partial charge in [-0.2, -0.15) is 0 Å². The zero-order valence-electron chi connectivity index (χ0n) is 27.4. The first kappa shape index (κ1) is 34.8. The number of methoxy groups -OCH3 is 1. The van der Waals surface area contributed by atoms with E-state index < -0.39 is 40.7 Å². The Labute approximate surface area is 282 Å². The second kappa shape index (κ2) is 16.1. The van der Waals surface area contributed by atoms with Crippen molar-refractivity contribution in [2.75, 3.05) is 13.7 Å². The normalized spacial score (nSPS) is 22.9. The fraction of sp³-hybridized carbons (Fsp3) is 0.359. The van der Waals surface area contributed by atoms with E-state index in [0.717, 1.165) is 27.1 Å². The quantitative estimate of drug-likeness (QED) is 0.144. The van der Waals surface area contributed by atoms with Gasteiger partial charge in [0.1, 0.15) is 23.7 Å². The molecule has 1 heterocycles. The number of carbonyl (C=O) groups is 1. The van der Waals surface area contributed by atoms with Gasteiger partial charge in [0.15, 0.2) is 5.79 Å². The number of rotatable bonds is 14. The van der Waals surface area contributed by atoms with Gasteiger partial charge in [0, 0.05) is 4.90 Å². The number of aliphatic hydroxyl groups is 1. The average molecular weight is 657 g/mol. The van der Waals surface area contributed by atoms with Crippen LogP contribution in [0.3, 0.4) is 0 Å². The van der Waals surface area contributed by atoms with E-state index >= 15 is 0 Å². The van der Waals surface area contributed by atoms with Crippen LogP contribution in [-0.2, 0) is 48.3 Å². The molecule has 1 aliphatic rings. The summed E-state index contributed by atoms with van der Waals surface area (Å²) >= 11 is 1.40. The minimum Gasteiger partial charge on any atom is -0.468 e. The van der Waals surface area contributed by atoms with Crippen LogP contribution < -0.4 is 0 Å². The van der Waals surface area contributed by atoms with Crippen LogP contribution in [0.1, 0.15) is 36.1 Å². The van der Waals surface area contributed by atoms with E-state index in [-0.39, 0.29) is 19.8 Å². The Morgan fingerprint density at radius 1 is 0.766 bits per heavy atom. The van der Waals surface area contributed by atoms with Crippen LogP contribution in [-0.4, -0.2) is 54.1 Å². The Balaban J connectivity index is 1.56. The first-order valence-electron chi connectivity index (χ1n) is 15.9. The predicted octanol–water partition coefficient (Wildman–Crippen LogP) is 7.13. The molecule has 248 valence electrons. The number of thioether (sulfide) groups is 1. The Morgan fingerprint density at radius 3 is 1.77 bits per heavy atom.